The molecule has 172 valence electrons. The second-order valence-electron chi connectivity index (χ2n) is 6.61. The lowest BCUT2D eigenvalue weighted by atomic mass is 10.0. The molecule has 4 N–H and O–H groups in total. The van der Waals surface area contributed by atoms with Gasteiger partial charge >= 0.3 is 11.8 Å². The third-order valence-corrected chi connectivity index (χ3v) is 4.46. The number of nitrogens with one attached hydrogen (secondary N) is 2. The summed E-state index contributed by atoms with van der Waals surface area (Å²) in [5.41, 5.74) is 7.57. The lowest BCUT2D eigenvalue weighted by Crippen LogP contribution is -2.18. The van der Waals surface area contributed by atoms with E-state index in [1.807, 2.05) is 42.5 Å². The van der Waals surface area contributed by atoms with Crippen LogP contribution in [0.2, 0.25) is 0 Å². The number of halogens is 1. The molecular weight excluding hydrogens is 450 g/mol. The molecule has 0 radical (unpaired) electrons. The van der Waals surface area contributed by atoms with Crippen molar-refractivity contribution >= 4 is 47.3 Å². The minimum Gasteiger partial charge on any atom is -0.450 e. The van der Waals surface area contributed by atoms with Crippen LogP contribution in [0.4, 0.5) is 27.8 Å². The smallest absolute Gasteiger partial charge is 0.412 e. The first kappa shape index (κ1) is 25.1. The summed E-state index contributed by atoms with van der Waals surface area (Å²) in [4.78, 5) is 38.7. The van der Waals surface area contributed by atoms with Crippen LogP contribution in [0, 0.1) is 10.1 Å². The van der Waals surface area contributed by atoms with Crippen LogP contribution >= 0.6 is 12.4 Å². The normalized spacial score (nSPS) is 9.97. The Hall–Kier alpha value is -4.18. The van der Waals surface area contributed by atoms with Crippen LogP contribution in [0.3, 0.4) is 0 Å². The fraction of sp³-hybridized carbons (Fsp3) is 0.136. The van der Waals surface area contributed by atoms with E-state index < -0.39 is 22.5 Å². The molecule has 0 atom stereocenters. The molecule has 1 heterocycles. The zero-order valence-electron chi connectivity index (χ0n) is 17.6. The Bertz CT molecular complexity index is 1140. The number of aromatic nitrogens is 1. The van der Waals surface area contributed by atoms with Gasteiger partial charge in [0.25, 0.3) is 0 Å². The van der Waals surface area contributed by atoms with E-state index in [-0.39, 0.29) is 42.8 Å². The first-order valence-electron chi connectivity index (χ1n) is 9.70. The fourth-order valence-corrected chi connectivity index (χ4v) is 2.98. The molecule has 0 saturated carbocycles. The number of pyridine rings is 1. The van der Waals surface area contributed by atoms with E-state index in [1.165, 1.54) is 6.07 Å². The van der Waals surface area contributed by atoms with Crippen molar-refractivity contribution < 1.29 is 19.2 Å². The van der Waals surface area contributed by atoms with Gasteiger partial charge in [0.1, 0.15) is 11.5 Å². The van der Waals surface area contributed by atoms with E-state index in [4.69, 9.17) is 10.5 Å². The molecule has 0 aliphatic heterocycles. The van der Waals surface area contributed by atoms with Gasteiger partial charge in [-0.25, -0.2) is 9.78 Å². The zero-order valence-corrected chi connectivity index (χ0v) is 18.4. The lowest BCUT2D eigenvalue weighted by molar-refractivity contribution is -0.383. The Balaban J connectivity index is 0.00000385. The molecule has 0 fully saturated rings. The largest absolute Gasteiger partial charge is 0.450 e. The van der Waals surface area contributed by atoms with Crippen LogP contribution in [-0.2, 0) is 4.74 Å². The number of rotatable bonds is 8. The van der Waals surface area contributed by atoms with Gasteiger partial charge < -0.3 is 15.8 Å². The van der Waals surface area contributed by atoms with Crippen molar-refractivity contribution in [3.63, 3.8) is 0 Å². The van der Waals surface area contributed by atoms with E-state index in [2.05, 4.69) is 15.6 Å². The number of hydrogen-bond acceptors (Lipinski definition) is 8. The summed E-state index contributed by atoms with van der Waals surface area (Å²) in [5.74, 6) is -0.741. The highest BCUT2D eigenvalue weighted by Crippen LogP contribution is 2.32. The maximum Gasteiger partial charge on any atom is 0.412 e. The number of nitrogen functional groups attached to an aromatic ring is 1. The van der Waals surface area contributed by atoms with Gasteiger partial charge in [-0.15, -0.1) is 12.4 Å². The molecule has 0 unspecified atom stereocenters. The number of nitro groups is 1. The molecule has 11 heteroatoms. The van der Waals surface area contributed by atoms with Crippen LogP contribution in [0.1, 0.15) is 17.3 Å². The first-order valence-corrected chi connectivity index (χ1v) is 9.70. The van der Waals surface area contributed by atoms with Crippen LogP contribution < -0.4 is 16.4 Å². The summed E-state index contributed by atoms with van der Waals surface area (Å²) in [6, 6.07) is 18.0. The van der Waals surface area contributed by atoms with Crippen molar-refractivity contribution in [1.29, 1.82) is 0 Å². The molecule has 2 aromatic carbocycles. The van der Waals surface area contributed by atoms with Gasteiger partial charge in [-0.3, -0.25) is 20.2 Å². The number of nitrogens with two attached hydrogens (primary N) is 1. The van der Waals surface area contributed by atoms with Crippen LogP contribution in [0.15, 0.2) is 60.7 Å². The van der Waals surface area contributed by atoms with Crippen molar-refractivity contribution in [3.05, 3.63) is 76.3 Å². The van der Waals surface area contributed by atoms with Gasteiger partial charge in [0.15, 0.2) is 5.78 Å². The van der Waals surface area contributed by atoms with Gasteiger partial charge in [-0.1, -0.05) is 54.6 Å². The molecule has 0 bridgehead atoms. The van der Waals surface area contributed by atoms with E-state index in [1.54, 1.807) is 19.1 Å². The molecule has 3 aromatic rings. The van der Waals surface area contributed by atoms with E-state index in [0.717, 1.165) is 11.1 Å². The Morgan fingerprint density at radius 1 is 1.09 bits per heavy atom. The third-order valence-electron chi connectivity index (χ3n) is 4.46. The Kier molecular flexibility index (Phi) is 8.70. The molecule has 0 aliphatic rings. The zero-order chi connectivity index (χ0) is 23.1. The molecular formula is C22H22ClN5O5. The van der Waals surface area contributed by atoms with Crippen molar-refractivity contribution in [1.82, 2.24) is 4.98 Å². The summed E-state index contributed by atoms with van der Waals surface area (Å²) >= 11 is 0. The Morgan fingerprint density at radius 3 is 2.33 bits per heavy atom. The molecule has 0 aliphatic carbocycles. The average Bonchev–Trinajstić information content (AvgIpc) is 2.77. The Labute approximate surface area is 195 Å². The van der Waals surface area contributed by atoms with Gasteiger partial charge in [-0.05, 0) is 18.1 Å². The number of anilines is 3. The summed E-state index contributed by atoms with van der Waals surface area (Å²) in [6.07, 6.45) is -0.784. The maximum absolute atomic E-state index is 12.6. The third kappa shape index (κ3) is 6.40. The second kappa shape index (κ2) is 11.4. The number of Topliss-reactive ketones (excluding diaryl/α,β-unsaturated/α-hetero) is 1. The number of nitrogens with zero attached hydrogens (tertiary/aromatic N) is 2. The number of carbonyl (C=O) groups excluding carboxylic acids is 2. The molecule has 10 nitrogen and oxygen atoms in total. The number of carbonyl (C=O) groups is 2. The Morgan fingerprint density at radius 2 is 1.73 bits per heavy atom. The van der Waals surface area contributed by atoms with Crippen molar-refractivity contribution in [2.45, 2.75) is 6.92 Å². The number of benzene rings is 2. The van der Waals surface area contributed by atoms with Crippen molar-refractivity contribution in [3.8, 4) is 11.1 Å². The molecule has 1 aromatic heterocycles. The van der Waals surface area contributed by atoms with E-state index >= 15 is 0 Å². The molecule has 0 spiro atoms. The minimum absolute atomic E-state index is 0. The fourth-order valence-electron chi connectivity index (χ4n) is 2.98. The van der Waals surface area contributed by atoms with Crippen molar-refractivity contribution in [2.75, 3.05) is 29.5 Å². The summed E-state index contributed by atoms with van der Waals surface area (Å²) < 4.78 is 4.76. The molecule has 1 amide bonds. The second-order valence-corrected chi connectivity index (χ2v) is 6.61. The maximum atomic E-state index is 12.6. The van der Waals surface area contributed by atoms with Crippen LogP contribution in [0.5, 0.6) is 0 Å². The molecule has 0 saturated heterocycles. The highest BCUT2D eigenvalue weighted by atomic mass is 35.5. The predicted octanol–water partition coefficient (Wildman–Crippen LogP) is 4.52. The summed E-state index contributed by atoms with van der Waals surface area (Å²) in [5, 5.41) is 16.5. The lowest BCUT2D eigenvalue weighted by Gasteiger charge is -2.11. The average molecular weight is 472 g/mol. The van der Waals surface area contributed by atoms with E-state index in [0.29, 0.717) is 5.56 Å². The van der Waals surface area contributed by atoms with Gasteiger partial charge in [0, 0.05) is 11.6 Å². The molecule has 33 heavy (non-hydrogen) atoms. The minimum atomic E-state index is -0.784. The van der Waals surface area contributed by atoms with Gasteiger partial charge in [0.2, 0.25) is 5.82 Å². The standard InChI is InChI=1S/C22H21N5O5.ClH/c1-2-32-22(29)26-19-12-17(20(27(30)31)21(23)25-19)24-13-18(28)16-10-8-15(9-11-16)14-6-4-3-5-7-14;/h3-12H,2,13H2,1H3,(H4,23,24,25,26,29);1H. The number of ether oxygens (including phenoxy) is 1. The molecule has 3 rings (SSSR count). The van der Waals surface area contributed by atoms with Gasteiger partial charge in [-0.2, -0.15) is 0 Å². The monoisotopic (exact) mass is 471 g/mol. The number of hydrogen-bond donors (Lipinski definition) is 3. The highest BCUT2D eigenvalue weighted by Gasteiger charge is 2.22. The summed E-state index contributed by atoms with van der Waals surface area (Å²) in [6.45, 7) is 1.53. The summed E-state index contributed by atoms with van der Waals surface area (Å²) in [7, 11) is 0. The predicted molar refractivity (Wildman–Crippen MR) is 128 cm³/mol. The number of ketones is 1. The topological polar surface area (TPSA) is 149 Å². The highest BCUT2D eigenvalue weighted by molar-refractivity contribution is 6.00. The number of amides is 1. The quantitative estimate of drug-likeness (QED) is 0.246. The van der Waals surface area contributed by atoms with E-state index in [9.17, 15) is 19.7 Å². The van der Waals surface area contributed by atoms with Crippen molar-refractivity contribution in [2.24, 2.45) is 0 Å². The SMILES string of the molecule is CCOC(=O)Nc1cc(NCC(=O)c2ccc(-c3ccccc3)cc2)c([N+](=O)[O-])c(N)n1.Cl. The van der Waals surface area contributed by atoms with Gasteiger partial charge in [0.05, 0.1) is 18.1 Å². The first-order chi connectivity index (χ1) is 15.4. The van der Waals surface area contributed by atoms with Crippen LogP contribution in [-0.4, -0.2) is 34.9 Å². The van der Waals surface area contributed by atoms with Crippen LogP contribution in [0.25, 0.3) is 11.1 Å².